The fourth-order valence-electron chi connectivity index (χ4n) is 2.79. The summed E-state index contributed by atoms with van der Waals surface area (Å²) in [6.07, 6.45) is 0.866. The monoisotopic (exact) mass is 319 g/mol. The van der Waals surface area contributed by atoms with Crippen molar-refractivity contribution in [3.05, 3.63) is 18.2 Å². The van der Waals surface area contributed by atoms with E-state index in [2.05, 4.69) is 5.32 Å². The highest BCUT2D eigenvalue weighted by Gasteiger charge is 2.35. The summed E-state index contributed by atoms with van der Waals surface area (Å²) in [6, 6.07) is 4.77. The maximum absolute atomic E-state index is 12.6. The smallest absolute Gasteiger partial charge is 0.318 e. The van der Waals surface area contributed by atoms with Gasteiger partial charge in [0.15, 0.2) is 11.5 Å². The number of benzene rings is 1. The van der Waals surface area contributed by atoms with Crippen LogP contribution >= 0.6 is 0 Å². The summed E-state index contributed by atoms with van der Waals surface area (Å²) >= 11 is 0. The minimum absolute atomic E-state index is 0.0956. The molecule has 23 heavy (non-hydrogen) atoms. The van der Waals surface area contributed by atoms with Gasteiger partial charge >= 0.3 is 6.03 Å². The van der Waals surface area contributed by atoms with E-state index in [9.17, 15) is 9.59 Å². The van der Waals surface area contributed by atoms with Gasteiger partial charge in [0.1, 0.15) is 6.04 Å². The van der Waals surface area contributed by atoms with Crippen molar-refractivity contribution in [1.29, 1.82) is 0 Å². The van der Waals surface area contributed by atoms with Gasteiger partial charge in [-0.25, -0.2) is 4.79 Å². The lowest BCUT2D eigenvalue weighted by molar-refractivity contribution is -0.124. The molecule has 0 unspecified atom stereocenters. The Balaban J connectivity index is 1.72. The van der Waals surface area contributed by atoms with Crippen LogP contribution in [0.5, 0.6) is 11.5 Å². The first kappa shape index (κ1) is 15.5. The second-order valence-corrected chi connectivity index (χ2v) is 5.63. The highest BCUT2D eigenvalue weighted by molar-refractivity contribution is 6.00. The van der Waals surface area contributed by atoms with E-state index >= 15 is 0 Å². The van der Waals surface area contributed by atoms with E-state index in [1.54, 1.807) is 28.9 Å². The minimum atomic E-state index is -0.494. The van der Waals surface area contributed by atoms with Gasteiger partial charge in [-0.3, -0.25) is 4.79 Å². The van der Waals surface area contributed by atoms with E-state index < -0.39 is 6.04 Å². The van der Waals surface area contributed by atoms with Crippen LogP contribution in [0.1, 0.15) is 20.3 Å². The molecule has 1 N–H and O–H groups in total. The highest BCUT2D eigenvalue weighted by Crippen LogP contribution is 2.36. The van der Waals surface area contributed by atoms with E-state index in [1.165, 1.54) is 0 Å². The lowest BCUT2D eigenvalue weighted by Gasteiger charge is -2.39. The van der Waals surface area contributed by atoms with E-state index in [1.807, 2.05) is 13.0 Å². The summed E-state index contributed by atoms with van der Waals surface area (Å²) in [4.78, 5) is 28.0. The molecule has 2 aliphatic rings. The standard InChI is InChI=1S/C16H21N3O4/c1-3-6-17-16(21)18-7-8-19(15(20)11(18)2)12-4-5-13-14(9-12)23-10-22-13/h4-5,9,11H,3,6-8,10H2,1-2H3,(H,17,21)/t11-/m0/s1. The molecule has 1 fully saturated rings. The number of carbonyl (C=O) groups is 2. The first-order chi connectivity index (χ1) is 11.1. The zero-order valence-electron chi connectivity index (χ0n) is 13.4. The molecule has 1 aromatic rings. The summed E-state index contributed by atoms with van der Waals surface area (Å²) in [7, 11) is 0. The third kappa shape index (κ3) is 2.91. The lowest BCUT2D eigenvalue weighted by atomic mass is 10.1. The van der Waals surface area contributed by atoms with Gasteiger partial charge in [-0.1, -0.05) is 6.92 Å². The fourth-order valence-corrected chi connectivity index (χ4v) is 2.79. The molecule has 3 amide bonds. The van der Waals surface area contributed by atoms with Crippen molar-refractivity contribution in [3.63, 3.8) is 0 Å². The Morgan fingerprint density at radius 2 is 2.09 bits per heavy atom. The Bertz CT molecular complexity index is 619. The zero-order chi connectivity index (χ0) is 16.4. The third-order valence-corrected chi connectivity index (χ3v) is 4.11. The molecule has 7 nitrogen and oxygen atoms in total. The lowest BCUT2D eigenvalue weighted by Crippen LogP contribution is -2.59. The molecule has 3 rings (SSSR count). The van der Waals surface area contributed by atoms with Gasteiger partial charge in [0, 0.05) is 31.4 Å². The topological polar surface area (TPSA) is 71.1 Å². The third-order valence-electron chi connectivity index (χ3n) is 4.11. The number of anilines is 1. The Kier molecular flexibility index (Phi) is 4.27. The maximum Gasteiger partial charge on any atom is 0.318 e. The van der Waals surface area contributed by atoms with Gasteiger partial charge < -0.3 is 24.6 Å². The van der Waals surface area contributed by atoms with Gasteiger partial charge in [-0.05, 0) is 25.5 Å². The Labute approximate surface area is 135 Å². The molecule has 2 heterocycles. The number of carbonyl (C=O) groups excluding carboxylic acids is 2. The van der Waals surface area contributed by atoms with Crippen molar-refractivity contribution in [2.24, 2.45) is 0 Å². The van der Waals surface area contributed by atoms with Crippen LogP contribution in [0.4, 0.5) is 10.5 Å². The molecule has 0 aliphatic carbocycles. The predicted octanol–water partition coefficient (Wildman–Crippen LogP) is 1.57. The molecule has 1 aromatic carbocycles. The van der Waals surface area contributed by atoms with Gasteiger partial charge in [0.05, 0.1) is 0 Å². The van der Waals surface area contributed by atoms with Crippen LogP contribution in [0.2, 0.25) is 0 Å². The van der Waals surface area contributed by atoms with Crippen LogP contribution in [0.15, 0.2) is 18.2 Å². The largest absolute Gasteiger partial charge is 0.454 e. The highest BCUT2D eigenvalue weighted by atomic mass is 16.7. The molecule has 0 spiro atoms. The summed E-state index contributed by atoms with van der Waals surface area (Å²) in [5, 5.41) is 2.82. The van der Waals surface area contributed by atoms with Crippen LogP contribution in [-0.2, 0) is 4.79 Å². The number of nitrogens with one attached hydrogen (secondary N) is 1. The van der Waals surface area contributed by atoms with Crippen LogP contribution in [0.3, 0.4) is 0 Å². The van der Waals surface area contributed by atoms with Crippen molar-refractivity contribution in [2.45, 2.75) is 26.3 Å². The van der Waals surface area contributed by atoms with Gasteiger partial charge in [0.2, 0.25) is 12.7 Å². The normalized spacial score (nSPS) is 19.9. The number of nitrogens with zero attached hydrogens (tertiary/aromatic N) is 2. The predicted molar refractivity (Wildman–Crippen MR) is 84.8 cm³/mol. The second-order valence-electron chi connectivity index (χ2n) is 5.63. The van der Waals surface area contributed by atoms with Crippen molar-refractivity contribution in [1.82, 2.24) is 10.2 Å². The van der Waals surface area contributed by atoms with E-state index in [0.29, 0.717) is 31.1 Å². The number of rotatable bonds is 3. The van der Waals surface area contributed by atoms with Crippen molar-refractivity contribution >= 4 is 17.6 Å². The number of amides is 3. The molecule has 124 valence electrons. The summed E-state index contributed by atoms with van der Waals surface area (Å²) in [5.74, 6) is 1.24. The average molecular weight is 319 g/mol. The molecule has 1 atom stereocenters. The number of ether oxygens (including phenoxy) is 2. The van der Waals surface area contributed by atoms with Gasteiger partial charge in [-0.2, -0.15) is 0 Å². The number of piperazine rings is 1. The Hall–Kier alpha value is -2.44. The molecule has 7 heteroatoms. The molecule has 2 aliphatic heterocycles. The van der Waals surface area contributed by atoms with Crippen molar-refractivity contribution in [2.75, 3.05) is 31.3 Å². The summed E-state index contributed by atoms with van der Waals surface area (Å²) in [6.45, 7) is 5.52. The van der Waals surface area contributed by atoms with E-state index in [0.717, 1.165) is 12.1 Å². The van der Waals surface area contributed by atoms with E-state index in [4.69, 9.17) is 9.47 Å². The number of hydrogen-bond acceptors (Lipinski definition) is 4. The first-order valence-corrected chi connectivity index (χ1v) is 7.87. The summed E-state index contributed by atoms with van der Waals surface area (Å²) < 4.78 is 10.6. The minimum Gasteiger partial charge on any atom is -0.454 e. The van der Waals surface area contributed by atoms with Crippen molar-refractivity contribution in [3.8, 4) is 11.5 Å². The van der Waals surface area contributed by atoms with Gasteiger partial charge in [-0.15, -0.1) is 0 Å². The molecule has 0 saturated carbocycles. The van der Waals surface area contributed by atoms with Crippen LogP contribution in [-0.4, -0.2) is 49.3 Å². The van der Waals surface area contributed by atoms with Crippen molar-refractivity contribution < 1.29 is 19.1 Å². The molecule has 0 bridgehead atoms. The summed E-state index contributed by atoms with van der Waals surface area (Å²) in [5.41, 5.74) is 0.764. The maximum atomic E-state index is 12.6. The molecule has 0 radical (unpaired) electrons. The quantitative estimate of drug-likeness (QED) is 0.918. The van der Waals surface area contributed by atoms with Crippen LogP contribution < -0.4 is 19.7 Å². The SMILES string of the molecule is CCCNC(=O)N1CCN(c2ccc3c(c2)OCO3)C(=O)[C@@H]1C. The number of hydrogen-bond donors (Lipinski definition) is 1. The van der Waals surface area contributed by atoms with Gasteiger partial charge in [0.25, 0.3) is 0 Å². The molecule has 0 aromatic heterocycles. The Morgan fingerprint density at radius 3 is 2.87 bits per heavy atom. The fraction of sp³-hybridized carbons (Fsp3) is 0.500. The Morgan fingerprint density at radius 1 is 1.30 bits per heavy atom. The molecule has 1 saturated heterocycles. The second kappa shape index (κ2) is 6.36. The molecular weight excluding hydrogens is 298 g/mol. The molecular formula is C16H21N3O4. The number of fused-ring (bicyclic) bond motifs is 1. The zero-order valence-corrected chi connectivity index (χ0v) is 13.4. The first-order valence-electron chi connectivity index (χ1n) is 7.87. The number of urea groups is 1. The van der Waals surface area contributed by atoms with E-state index in [-0.39, 0.29) is 18.7 Å². The van der Waals surface area contributed by atoms with Crippen LogP contribution in [0.25, 0.3) is 0 Å². The van der Waals surface area contributed by atoms with Crippen LogP contribution in [0, 0.1) is 0 Å². The average Bonchev–Trinajstić information content (AvgIpc) is 3.02.